The largest absolute Gasteiger partial charge is 0.483 e. The molecule has 2 N–H and O–H groups in total. The SMILES string of the molecule is COCCNC(=O)c1ccc(NC(=O)COc2ccc(C(C)(C)C)cc2C(C)(C)C)cc1. The van der Waals surface area contributed by atoms with E-state index in [0.717, 1.165) is 5.56 Å². The van der Waals surface area contributed by atoms with Crippen LogP contribution in [0.2, 0.25) is 0 Å². The lowest BCUT2D eigenvalue weighted by Gasteiger charge is -2.27. The van der Waals surface area contributed by atoms with Crippen molar-refractivity contribution in [2.45, 2.75) is 52.4 Å². The lowest BCUT2D eigenvalue weighted by Crippen LogP contribution is -2.27. The highest BCUT2D eigenvalue weighted by Gasteiger charge is 2.23. The molecular weight excluding hydrogens is 404 g/mol. The molecule has 0 spiro atoms. The first kappa shape index (κ1) is 25.4. The van der Waals surface area contributed by atoms with E-state index in [1.165, 1.54) is 5.56 Å². The molecule has 0 bridgehead atoms. The van der Waals surface area contributed by atoms with Gasteiger partial charge in [-0.2, -0.15) is 0 Å². The highest BCUT2D eigenvalue weighted by molar-refractivity contribution is 5.96. The fourth-order valence-corrected chi connectivity index (χ4v) is 3.12. The number of nitrogens with one attached hydrogen (secondary N) is 2. The van der Waals surface area contributed by atoms with Gasteiger partial charge in [-0.15, -0.1) is 0 Å². The molecule has 0 aliphatic carbocycles. The van der Waals surface area contributed by atoms with Gasteiger partial charge in [0.1, 0.15) is 5.75 Å². The van der Waals surface area contributed by atoms with Gasteiger partial charge in [0.15, 0.2) is 6.61 Å². The fraction of sp³-hybridized carbons (Fsp3) is 0.462. The normalized spacial score (nSPS) is 11.7. The molecular formula is C26H36N2O4. The van der Waals surface area contributed by atoms with Gasteiger partial charge in [0, 0.05) is 24.9 Å². The van der Waals surface area contributed by atoms with Gasteiger partial charge in [-0.25, -0.2) is 0 Å². The summed E-state index contributed by atoms with van der Waals surface area (Å²) in [6.07, 6.45) is 0. The molecule has 2 amide bonds. The predicted molar refractivity (Wildman–Crippen MR) is 129 cm³/mol. The highest BCUT2D eigenvalue weighted by Crippen LogP contribution is 2.35. The average Bonchev–Trinajstić information content (AvgIpc) is 2.71. The van der Waals surface area contributed by atoms with Gasteiger partial charge in [0.05, 0.1) is 6.61 Å². The van der Waals surface area contributed by atoms with Crippen molar-refractivity contribution in [3.8, 4) is 5.75 Å². The summed E-state index contributed by atoms with van der Waals surface area (Å²) < 4.78 is 10.8. The van der Waals surface area contributed by atoms with E-state index in [-0.39, 0.29) is 29.3 Å². The van der Waals surface area contributed by atoms with Crippen LogP contribution in [0.3, 0.4) is 0 Å². The van der Waals surface area contributed by atoms with E-state index in [1.54, 1.807) is 31.4 Å². The number of methoxy groups -OCH3 is 1. The molecule has 0 heterocycles. The Bertz CT molecular complexity index is 922. The molecule has 0 radical (unpaired) electrons. The van der Waals surface area contributed by atoms with Crippen LogP contribution in [-0.4, -0.2) is 38.7 Å². The van der Waals surface area contributed by atoms with E-state index in [1.807, 2.05) is 6.07 Å². The Labute approximate surface area is 191 Å². The zero-order chi connectivity index (χ0) is 23.9. The van der Waals surface area contributed by atoms with E-state index >= 15 is 0 Å². The molecule has 0 fully saturated rings. The maximum atomic E-state index is 12.4. The molecule has 6 nitrogen and oxygen atoms in total. The smallest absolute Gasteiger partial charge is 0.262 e. The van der Waals surface area contributed by atoms with Crippen molar-refractivity contribution in [2.75, 3.05) is 32.2 Å². The Morgan fingerprint density at radius 2 is 1.56 bits per heavy atom. The van der Waals surface area contributed by atoms with Gasteiger partial charge in [0.25, 0.3) is 11.8 Å². The first-order valence-corrected chi connectivity index (χ1v) is 10.9. The van der Waals surface area contributed by atoms with Crippen LogP contribution in [0.5, 0.6) is 5.75 Å². The van der Waals surface area contributed by atoms with Crippen molar-refractivity contribution in [3.63, 3.8) is 0 Å². The molecule has 0 atom stereocenters. The minimum absolute atomic E-state index is 0.0305. The van der Waals surface area contributed by atoms with Gasteiger partial charge < -0.3 is 20.1 Å². The third kappa shape index (κ3) is 7.38. The topological polar surface area (TPSA) is 76.7 Å². The lowest BCUT2D eigenvalue weighted by atomic mass is 9.80. The molecule has 0 saturated carbocycles. The first-order valence-electron chi connectivity index (χ1n) is 10.9. The van der Waals surface area contributed by atoms with Crippen LogP contribution >= 0.6 is 0 Å². The number of benzene rings is 2. The van der Waals surface area contributed by atoms with Crippen molar-refractivity contribution in [2.24, 2.45) is 0 Å². The second kappa shape index (κ2) is 10.6. The zero-order valence-corrected chi connectivity index (χ0v) is 20.3. The number of hydrogen-bond acceptors (Lipinski definition) is 4. The number of anilines is 1. The summed E-state index contributed by atoms with van der Waals surface area (Å²) in [5, 5.41) is 5.57. The molecule has 32 heavy (non-hydrogen) atoms. The molecule has 0 saturated heterocycles. The summed E-state index contributed by atoms with van der Waals surface area (Å²) in [6, 6.07) is 12.9. The van der Waals surface area contributed by atoms with E-state index in [0.29, 0.717) is 30.2 Å². The molecule has 0 aliphatic heterocycles. The summed E-state index contributed by atoms with van der Waals surface area (Å²) in [5.41, 5.74) is 3.33. The Hall–Kier alpha value is -2.86. The van der Waals surface area contributed by atoms with Crippen molar-refractivity contribution in [1.29, 1.82) is 0 Å². The van der Waals surface area contributed by atoms with Crippen LogP contribution in [0.4, 0.5) is 5.69 Å². The van der Waals surface area contributed by atoms with Gasteiger partial charge >= 0.3 is 0 Å². The quantitative estimate of drug-likeness (QED) is 0.585. The summed E-state index contributed by atoms with van der Waals surface area (Å²) in [4.78, 5) is 24.5. The second-order valence-electron chi connectivity index (χ2n) is 9.87. The van der Waals surface area contributed by atoms with Crippen molar-refractivity contribution >= 4 is 17.5 Å². The third-order valence-electron chi connectivity index (χ3n) is 5.03. The second-order valence-corrected chi connectivity index (χ2v) is 9.87. The molecule has 2 aromatic rings. The number of carbonyl (C=O) groups is 2. The number of rotatable bonds is 8. The highest BCUT2D eigenvalue weighted by atomic mass is 16.5. The molecule has 0 aliphatic rings. The molecule has 2 aromatic carbocycles. The predicted octanol–water partition coefficient (Wildman–Crippen LogP) is 4.68. The lowest BCUT2D eigenvalue weighted by molar-refractivity contribution is -0.118. The number of ether oxygens (including phenoxy) is 2. The Morgan fingerprint density at radius 1 is 0.906 bits per heavy atom. The van der Waals surface area contributed by atoms with Gasteiger partial charge in [-0.3, -0.25) is 9.59 Å². The Balaban J connectivity index is 2.00. The molecule has 0 unspecified atom stereocenters. The maximum Gasteiger partial charge on any atom is 0.262 e. The summed E-state index contributed by atoms with van der Waals surface area (Å²) in [6.45, 7) is 13.7. The monoisotopic (exact) mass is 440 g/mol. The van der Waals surface area contributed by atoms with Crippen LogP contribution in [0.1, 0.15) is 63.0 Å². The minimum Gasteiger partial charge on any atom is -0.483 e. The van der Waals surface area contributed by atoms with E-state index in [9.17, 15) is 9.59 Å². The zero-order valence-electron chi connectivity index (χ0n) is 20.3. The van der Waals surface area contributed by atoms with E-state index in [4.69, 9.17) is 9.47 Å². The van der Waals surface area contributed by atoms with E-state index in [2.05, 4.69) is 64.3 Å². The van der Waals surface area contributed by atoms with Crippen LogP contribution in [-0.2, 0) is 20.4 Å². The van der Waals surface area contributed by atoms with E-state index < -0.39 is 0 Å². The number of amides is 2. The van der Waals surface area contributed by atoms with Crippen LogP contribution in [0, 0.1) is 0 Å². The summed E-state index contributed by atoms with van der Waals surface area (Å²) in [5.74, 6) is 0.266. The fourth-order valence-electron chi connectivity index (χ4n) is 3.12. The molecule has 2 rings (SSSR count). The average molecular weight is 441 g/mol. The van der Waals surface area contributed by atoms with Crippen molar-refractivity contribution in [1.82, 2.24) is 5.32 Å². The molecule has 174 valence electrons. The first-order chi connectivity index (χ1) is 14.9. The van der Waals surface area contributed by atoms with Gasteiger partial charge in [-0.05, 0) is 52.3 Å². The number of carbonyl (C=O) groups excluding carboxylic acids is 2. The third-order valence-corrected chi connectivity index (χ3v) is 5.03. The van der Waals surface area contributed by atoms with Crippen molar-refractivity contribution in [3.05, 3.63) is 59.2 Å². The van der Waals surface area contributed by atoms with Crippen LogP contribution in [0.25, 0.3) is 0 Å². The van der Waals surface area contributed by atoms with Crippen LogP contribution in [0.15, 0.2) is 42.5 Å². The van der Waals surface area contributed by atoms with Gasteiger partial charge in [-0.1, -0.05) is 53.7 Å². The molecule has 6 heteroatoms. The minimum atomic E-state index is -0.262. The Morgan fingerprint density at radius 3 is 2.12 bits per heavy atom. The molecule has 0 aromatic heterocycles. The standard InChI is InChI=1S/C26H36N2O4/c1-25(2,3)19-10-13-22(21(16-19)26(4,5)6)32-17-23(29)28-20-11-8-18(9-12-20)24(30)27-14-15-31-7/h8-13,16H,14-15,17H2,1-7H3,(H,27,30)(H,28,29). The van der Waals surface area contributed by atoms with Gasteiger partial charge in [0.2, 0.25) is 0 Å². The van der Waals surface area contributed by atoms with Crippen molar-refractivity contribution < 1.29 is 19.1 Å². The summed E-state index contributed by atoms with van der Waals surface area (Å²) in [7, 11) is 1.58. The maximum absolute atomic E-state index is 12.4. The number of hydrogen-bond donors (Lipinski definition) is 2. The van der Waals surface area contributed by atoms with Crippen LogP contribution < -0.4 is 15.4 Å². The summed E-state index contributed by atoms with van der Waals surface area (Å²) >= 11 is 0. The Kier molecular flexibility index (Phi) is 8.44.